The molecule has 1 radical (unpaired) electrons. The van der Waals surface area contributed by atoms with Gasteiger partial charge in [0.15, 0.2) is 0 Å². The van der Waals surface area contributed by atoms with Crippen molar-refractivity contribution in [1.82, 2.24) is 4.90 Å². The van der Waals surface area contributed by atoms with E-state index in [0.717, 1.165) is 23.1 Å². The molecule has 0 fully saturated rings. The number of rotatable bonds is 3. The number of hydrogen-bond donors (Lipinski definition) is 0. The molecule has 0 bridgehead atoms. The van der Waals surface area contributed by atoms with Crippen LogP contribution in [0.1, 0.15) is 25.0 Å². The van der Waals surface area contributed by atoms with Crippen LogP contribution >= 0.6 is 0 Å². The molecule has 18 heavy (non-hydrogen) atoms. The summed E-state index contributed by atoms with van der Waals surface area (Å²) in [5, 5.41) is 1.56. The molecule has 0 aliphatic carbocycles. The van der Waals surface area contributed by atoms with E-state index in [2.05, 4.69) is 32.7 Å². The van der Waals surface area contributed by atoms with E-state index in [1.165, 1.54) is 6.07 Å². The van der Waals surface area contributed by atoms with Gasteiger partial charge in [0.1, 0.15) is 5.82 Å². The van der Waals surface area contributed by atoms with Crippen LogP contribution in [0.5, 0.6) is 0 Å². The topological polar surface area (TPSA) is 3.24 Å². The van der Waals surface area contributed by atoms with Gasteiger partial charge in [-0.2, -0.15) is 0 Å². The van der Waals surface area contributed by atoms with E-state index in [9.17, 15) is 4.39 Å². The van der Waals surface area contributed by atoms with Crippen LogP contribution < -0.4 is 0 Å². The van der Waals surface area contributed by atoms with Crippen LogP contribution in [0.3, 0.4) is 0 Å². The average Bonchev–Trinajstić information content (AvgIpc) is 2.30. The SMILES string of the molecule is [CH2]c1cc(CN(C)C(C)C)cc2c(F)cccc12. The van der Waals surface area contributed by atoms with Crippen molar-refractivity contribution in [1.29, 1.82) is 0 Å². The largest absolute Gasteiger partial charge is 0.300 e. The summed E-state index contributed by atoms with van der Waals surface area (Å²) >= 11 is 0. The quantitative estimate of drug-likeness (QED) is 0.788. The lowest BCUT2D eigenvalue weighted by Gasteiger charge is -2.21. The van der Waals surface area contributed by atoms with Gasteiger partial charge in [-0.1, -0.05) is 18.2 Å². The molecule has 2 aromatic carbocycles. The lowest BCUT2D eigenvalue weighted by atomic mass is 10.0. The van der Waals surface area contributed by atoms with Crippen LogP contribution in [0.2, 0.25) is 0 Å². The second-order valence-electron chi connectivity index (χ2n) is 5.10. The first-order valence-electron chi connectivity index (χ1n) is 6.22. The van der Waals surface area contributed by atoms with Gasteiger partial charge in [0.25, 0.3) is 0 Å². The van der Waals surface area contributed by atoms with Crippen LogP contribution in [0.25, 0.3) is 10.8 Å². The molecule has 2 heteroatoms. The van der Waals surface area contributed by atoms with E-state index >= 15 is 0 Å². The Morgan fingerprint density at radius 3 is 2.61 bits per heavy atom. The number of halogens is 1. The first-order chi connectivity index (χ1) is 8.49. The molecule has 0 spiro atoms. The van der Waals surface area contributed by atoms with E-state index in [1.807, 2.05) is 18.2 Å². The molecule has 95 valence electrons. The maximum Gasteiger partial charge on any atom is 0.131 e. The minimum Gasteiger partial charge on any atom is -0.300 e. The molecular formula is C16H19FN. The Bertz CT molecular complexity index is 560. The number of nitrogens with zero attached hydrogens (tertiary/aromatic N) is 1. The molecule has 0 amide bonds. The van der Waals surface area contributed by atoms with Gasteiger partial charge in [-0.3, -0.25) is 4.90 Å². The molecular weight excluding hydrogens is 225 g/mol. The van der Waals surface area contributed by atoms with Crippen molar-refractivity contribution in [2.45, 2.75) is 26.4 Å². The second-order valence-corrected chi connectivity index (χ2v) is 5.10. The fraction of sp³-hybridized carbons (Fsp3) is 0.312. The van der Waals surface area contributed by atoms with Crippen molar-refractivity contribution in [3.8, 4) is 0 Å². The Kier molecular flexibility index (Phi) is 3.67. The summed E-state index contributed by atoms with van der Waals surface area (Å²) in [4.78, 5) is 2.22. The first-order valence-corrected chi connectivity index (χ1v) is 6.22. The maximum atomic E-state index is 13.8. The summed E-state index contributed by atoms with van der Waals surface area (Å²) < 4.78 is 13.8. The average molecular weight is 244 g/mol. The van der Waals surface area contributed by atoms with Crippen LogP contribution in [-0.2, 0) is 6.54 Å². The highest BCUT2D eigenvalue weighted by molar-refractivity contribution is 5.87. The van der Waals surface area contributed by atoms with Crippen LogP contribution in [0, 0.1) is 12.7 Å². The van der Waals surface area contributed by atoms with Crippen molar-refractivity contribution in [3.05, 3.63) is 54.2 Å². The fourth-order valence-electron chi connectivity index (χ4n) is 2.05. The van der Waals surface area contributed by atoms with Crippen LogP contribution in [0.15, 0.2) is 30.3 Å². The van der Waals surface area contributed by atoms with Crippen molar-refractivity contribution in [2.75, 3.05) is 7.05 Å². The van der Waals surface area contributed by atoms with Crippen molar-refractivity contribution < 1.29 is 4.39 Å². The third kappa shape index (κ3) is 2.54. The fourth-order valence-corrected chi connectivity index (χ4v) is 2.05. The van der Waals surface area contributed by atoms with Crippen LogP contribution in [0.4, 0.5) is 4.39 Å². The number of hydrogen-bond acceptors (Lipinski definition) is 1. The Hall–Kier alpha value is -1.41. The predicted molar refractivity (Wildman–Crippen MR) is 75.0 cm³/mol. The van der Waals surface area contributed by atoms with Crippen LogP contribution in [-0.4, -0.2) is 18.0 Å². The normalized spacial score (nSPS) is 11.7. The third-order valence-corrected chi connectivity index (χ3v) is 3.40. The predicted octanol–water partition coefficient (Wildman–Crippen LogP) is 4.00. The van der Waals surface area contributed by atoms with Crippen molar-refractivity contribution in [3.63, 3.8) is 0 Å². The molecule has 2 aromatic rings. The molecule has 0 N–H and O–H groups in total. The van der Waals surface area contributed by atoms with Gasteiger partial charge >= 0.3 is 0 Å². The summed E-state index contributed by atoms with van der Waals surface area (Å²) in [5.41, 5.74) is 1.99. The summed E-state index contributed by atoms with van der Waals surface area (Å²) in [5.74, 6) is -0.175. The van der Waals surface area contributed by atoms with E-state index in [-0.39, 0.29) is 5.82 Å². The zero-order chi connectivity index (χ0) is 13.3. The summed E-state index contributed by atoms with van der Waals surface area (Å²) in [6.07, 6.45) is 0. The molecule has 0 heterocycles. The Morgan fingerprint density at radius 1 is 1.22 bits per heavy atom. The van der Waals surface area contributed by atoms with Gasteiger partial charge in [0.05, 0.1) is 0 Å². The lowest BCUT2D eigenvalue weighted by molar-refractivity contribution is 0.266. The minimum absolute atomic E-state index is 0.175. The highest BCUT2D eigenvalue weighted by Gasteiger charge is 2.08. The molecule has 0 aliphatic rings. The van der Waals surface area contributed by atoms with Gasteiger partial charge in [-0.15, -0.1) is 0 Å². The smallest absolute Gasteiger partial charge is 0.131 e. The van der Waals surface area contributed by atoms with Gasteiger partial charge in [-0.25, -0.2) is 4.39 Å². The van der Waals surface area contributed by atoms with Gasteiger partial charge in [0, 0.05) is 18.0 Å². The number of fused-ring (bicyclic) bond motifs is 1. The lowest BCUT2D eigenvalue weighted by Crippen LogP contribution is -2.25. The van der Waals surface area contributed by atoms with E-state index in [1.54, 1.807) is 6.07 Å². The molecule has 0 saturated heterocycles. The molecule has 2 rings (SSSR count). The standard InChI is InChI=1S/C16H19FN/c1-11(2)18(4)10-13-8-12(3)14-6-5-7-16(17)15(14)9-13/h5-9,11H,3,10H2,1-2,4H3. The van der Waals surface area contributed by atoms with Gasteiger partial charge in [0.2, 0.25) is 0 Å². The first kappa shape index (κ1) is 13.0. The highest BCUT2D eigenvalue weighted by atomic mass is 19.1. The zero-order valence-electron chi connectivity index (χ0n) is 11.2. The third-order valence-electron chi connectivity index (χ3n) is 3.40. The monoisotopic (exact) mass is 244 g/mol. The maximum absolute atomic E-state index is 13.8. The Balaban J connectivity index is 2.45. The molecule has 0 aliphatic heterocycles. The van der Waals surface area contributed by atoms with E-state index < -0.39 is 0 Å². The van der Waals surface area contributed by atoms with Gasteiger partial charge in [-0.05, 0) is 56.5 Å². The van der Waals surface area contributed by atoms with E-state index in [4.69, 9.17) is 0 Å². The van der Waals surface area contributed by atoms with E-state index in [0.29, 0.717) is 11.4 Å². The molecule has 0 atom stereocenters. The second kappa shape index (κ2) is 5.07. The summed E-state index contributed by atoms with van der Waals surface area (Å²) in [7, 11) is 2.07. The summed E-state index contributed by atoms with van der Waals surface area (Å²) in [6.45, 7) is 9.12. The Labute approximate surface area is 108 Å². The number of benzene rings is 2. The van der Waals surface area contributed by atoms with Gasteiger partial charge < -0.3 is 0 Å². The van der Waals surface area contributed by atoms with Crippen molar-refractivity contribution in [2.24, 2.45) is 0 Å². The highest BCUT2D eigenvalue weighted by Crippen LogP contribution is 2.24. The summed E-state index contributed by atoms with van der Waals surface area (Å²) in [6, 6.07) is 9.58. The molecule has 1 nitrogen and oxygen atoms in total. The minimum atomic E-state index is -0.175. The zero-order valence-corrected chi connectivity index (χ0v) is 11.2. The molecule has 0 saturated carbocycles. The van der Waals surface area contributed by atoms with Crippen molar-refractivity contribution >= 4 is 10.8 Å². The molecule has 0 aromatic heterocycles. The Morgan fingerprint density at radius 2 is 1.94 bits per heavy atom. The molecule has 0 unspecified atom stereocenters.